The van der Waals surface area contributed by atoms with E-state index < -0.39 is 15.8 Å². The molecule has 0 aliphatic heterocycles. The summed E-state index contributed by atoms with van der Waals surface area (Å²) in [6.45, 7) is 3.46. The van der Waals surface area contributed by atoms with Gasteiger partial charge < -0.3 is 5.32 Å². The van der Waals surface area contributed by atoms with Crippen molar-refractivity contribution in [2.45, 2.75) is 11.8 Å². The van der Waals surface area contributed by atoms with Gasteiger partial charge in [0.15, 0.2) is 0 Å². The molecule has 0 bridgehead atoms. The Bertz CT molecular complexity index is 479. The molecule has 0 atom stereocenters. The van der Waals surface area contributed by atoms with Crippen molar-refractivity contribution >= 4 is 21.6 Å². The molecule has 0 aromatic heterocycles. The fourth-order valence-electron chi connectivity index (χ4n) is 1.22. The number of nitrogens with one attached hydrogen (secondary N) is 2. The normalized spacial score (nSPS) is 11.7. The van der Waals surface area contributed by atoms with Crippen molar-refractivity contribution in [3.63, 3.8) is 0 Å². The van der Waals surface area contributed by atoms with Gasteiger partial charge in [0, 0.05) is 13.1 Å². The SMILES string of the molecule is CCNCCNS(=O)(=O)c1ccc(F)cc1Cl. The predicted molar refractivity (Wildman–Crippen MR) is 65.1 cm³/mol. The molecule has 17 heavy (non-hydrogen) atoms. The highest BCUT2D eigenvalue weighted by Crippen LogP contribution is 2.21. The largest absolute Gasteiger partial charge is 0.316 e. The molecular weight excluding hydrogens is 267 g/mol. The molecule has 1 aromatic rings. The standard InChI is InChI=1S/C10H14ClFN2O2S/c1-2-13-5-6-14-17(15,16)10-4-3-8(12)7-9(10)11/h3-4,7,13-14H,2,5-6H2,1H3. The minimum Gasteiger partial charge on any atom is -0.316 e. The maximum Gasteiger partial charge on any atom is 0.242 e. The number of rotatable bonds is 6. The highest BCUT2D eigenvalue weighted by Gasteiger charge is 2.17. The van der Waals surface area contributed by atoms with Gasteiger partial charge in [-0.3, -0.25) is 0 Å². The molecule has 0 amide bonds. The van der Waals surface area contributed by atoms with Gasteiger partial charge in [-0.1, -0.05) is 18.5 Å². The van der Waals surface area contributed by atoms with Crippen molar-refractivity contribution in [2.24, 2.45) is 0 Å². The van der Waals surface area contributed by atoms with E-state index in [9.17, 15) is 12.8 Å². The minimum atomic E-state index is -3.68. The topological polar surface area (TPSA) is 58.2 Å². The van der Waals surface area contributed by atoms with E-state index in [0.717, 1.165) is 24.7 Å². The number of halogens is 2. The molecular formula is C10H14ClFN2O2S. The van der Waals surface area contributed by atoms with Gasteiger partial charge in [0.1, 0.15) is 10.7 Å². The maximum absolute atomic E-state index is 12.8. The van der Waals surface area contributed by atoms with E-state index >= 15 is 0 Å². The molecule has 2 N–H and O–H groups in total. The quantitative estimate of drug-likeness (QED) is 0.774. The first-order valence-corrected chi connectivity index (χ1v) is 6.99. The Morgan fingerprint density at radius 3 is 2.65 bits per heavy atom. The summed E-state index contributed by atoms with van der Waals surface area (Å²) in [6.07, 6.45) is 0. The van der Waals surface area contributed by atoms with Crippen molar-refractivity contribution in [1.29, 1.82) is 0 Å². The summed E-state index contributed by atoms with van der Waals surface area (Å²) in [5, 5.41) is 2.85. The van der Waals surface area contributed by atoms with Crippen LogP contribution in [0, 0.1) is 5.82 Å². The fourth-order valence-corrected chi connectivity index (χ4v) is 2.78. The molecule has 0 fully saturated rings. The zero-order valence-corrected chi connectivity index (χ0v) is 10.9. The summed E-state index contributed by atoms with van der Waals surface area (Å²) in [6, 6.07) is 3.18. The van der Waals surface area contributed by atoms with Crippen LogP contribution in [0.1, 0.15) is 6.92 Å². The van der Waals surface area contributed by atoms with Crippen LogP contribution >= 0.6 is 11.6 Å². The third-order valence-electron chi connectivity index (χ3n) is 2.03. The van der Waals surface area contributed by atoms with Crippen LogP contribution in [0.4, 0.5) is 4.39 Å². The van der Waals surface area contributed by atoms with Gasteiger partial charge in [0.2, 0.25) is 10.0 Å². The molecule has 0 spiro atoms. The van der Waals surface area contributed by atoms with Crippen LogP contribution in [0.25, 0.3) is 0 Å². The monoisotopic (exact) mass is 280 g/mol. The first kappa shape index (κ1) is 14.4. The van der Waals surface area contributed by atoms with E-state index in [-0.39, 0.29) is 16.5 Å². The van der Waals surface area contributed by atoms with E-state index in [1.54, 1.807) is 0 Å². The number of hydrogen-bond donors (Lipinski definition) is 2. The molecule has 1 rings (SSSR count). The van der Waals surface area contributed by atoms with Crippen LogP contribution in [-0.2, 0) is 10.0 Å². The van der Waals surface area contributed by atoms with Gasteiger partial charge in [-0.05, 0) is 24.7 Å². The smallest absolute Gasteiger partial charge is 0.242 e. The van der Waals surface area contributed by atoms with Crippen molar-refractivity contribution in [2.75, 3.05) is 19.6 Å². The molecule has 0 aliphatic rings. The highest BCUT2D eigenvalue weighted by atomic mass is 35.5. The van der Waals surface area contributed by atoms with E-state index in [4.69, 9.17) is 11.6 Å². The summed E-state index contributed by atoms with van der Waals surface area (Å²) >= 11 is 5.68. The van der Waals surface area contributed by atoms with Crippen molar-refractivity contribution in [1.82, 2.24) is 10.0 Å². The van der Waals surface area contributed by atoms with Gasteiger partial charge in [0.05, 0.1) is 5.02 Å². The van der Waals surface area contributed by atoms with Crippen LogP contribution in [-0.4, -0.2) is 28.1 Å². The Labute approximate surface area is 105 Å². The summed E-state index contributed by atoms with van der Waals surface area (Å²) in [5.41, 5.74) is 0. The van der Waals surface area contributed by atoms with Gasteiger partial charge in [-0.25, -0.2) is 17.5 Å². The molecule has 0 aliphatic carbocycles. The minimum absolute atomic E-state index is 0.114. The molecule has 96 valence electrons. The maximum atomic E-state index is 12.8. The van der Waals surface area contributed by atoms with Crippen molar-refractivity contribution < 1.29 is 12.8 Å². The van der Waals surface area contributed by atoms with Gasteiger partial charge in [-0.15, -0.1) is 0 Å². The lowest BCUT2D eigenvalue weighted by atomic mass is 10.3. The second kappa shape index (κ2) is 6.30. The average molecular weight is 281 g/mol. The molecule has 1 aromatic carbocycles. The molecule has 4 nitrogen and oxygen atoms in total. The molecule has 0 radical (unpaired) electrons. The van der Waals surface area contributed by atoms with Crippen LogP contribution < -0.4 is 10.0 Å². The number of benzene rings is 1. The lowest BCUT2D eigenvalue weighted by molar-refractivity contribution is 0.576. The highest BCUT2D eigenvalue weighted by molar-refractivity contribution is 7.89. The van der Waals surface area contributed by atoms with Crippen LogP contribution in [0.15, 0.2) is 23.1 Å². The molecule has 0 saturated carbocycles. The lowest BCUT2D eigenvalue weighted by Crippen LogP contribution is -2.31. The molecule has 0 saturated heterocycles. The molecule has 0 unspecified atom stereocenters. The number of likely N-dealkylation sites (N-methyl/N-ethyl adjacent to an activating group) is 1. The Kier molecular flexibility index (Phi) is 5.32. The fraction of sp³-hybridized carbons (Fsp3) is 0.400. The van der Waals surface area contributed by atoms with Crippen LogP contribution in [0.5, 0.6) is 0 Å². The van der Waals surface area contributed by atoms with E-state index in [1.165, 1.54) is 0 Å². The molecule has 7 heteroatoms. The summed E-state index contributed by atoms with van der Waals surface area (Å²) in [5.74, 6) is -0.568. The summed E-state index contributed by atoms with van der Waals surface area (Å²) in [4.78, 5) is -0.114. The Morgan fingerprint density at radius 1 is 1.35 bits per heavy atom. The van der Waals surface area contributed by atoms with Crippen LogP contribution in [0.3, 0.4) is 0 Å². The first-order valence-electron chi connectivity index (χ1n) is 5.13. The summed E-state index contributed by atoms with van der Waals surface area (Å²) < 4.78 is 38.7. The van der Waals surface area contributed by atoms with Crippen LogP contribution in [0.2, 0.25) is 5.02 Å². The van der Waals surface area contributed by atoms with Gasteiger partial charge in [-0.2, -0.15) is 0 Å². The lowest BCUT2D eigenvalue weighted by Gasteiger charge is -2.08. The molecule has 0 heterocycles. The Morgan fingerprint density at radius 2 is 2.06 bits per heavy atom. The second-order valence-corrected chi connectivity index (χ2v) is 5.47. The van der Waals surface area contributed by atoms with Gasteiger partial charge in [0.25, 0.3) is 0 Å². The average Bonchev–Trinajstić information content (AvgIpc) is 2.24. The van der Waals surface area contributed by atoms with E-state index in [2.05, 4.69) is 10.0 Å². The predicted octanol–water partition coefficient (Wildman–Crippen LogP) is 1.37. The second-order valence-electron chi connectivity index (χ2n) is 3.33. The zero-order valence-electron chi connectivity index (χ0n) is 9.33. The third kappa shape index (κ3) is 4.23. The van der Waals surface area contributed by atoms with E-state index in [1.807, 2.05) is 6.92 Å². The van der Waals surface area contributed by atoms with Crippen molar-refractivity contribution in [3.8, 4) is 0 Å². The number of hydrogen-bond acceptors (Lipinski definition) is 3. The zero-order chi connectivity index (χ0) is 12.9. The third-order valence-corrected chi connectivity index (χ3v) is 3.97. The summed E-state index contributed by atoms with van der Waals surface area (Å²) in [7, 11) is -3.68. The Balaban J connectivity index is 2.76. The van der Waals surface area contributed by atoms with Crippen molar-refractivity contribution in [3.05, 3.63) is 29.0 Å². The first-order chi connectivity index (χ1) is 7.97. The van der Waals surface area contributed by atoms with E-state index in [0.29, 0.717) is 6.54 Å². The Hall–Kier alpha value is -0.690. The van der Waals surface area contributed by atoms with Gasteiger partial charge >= 0.3 is 0 Å². The number of sulfonamides is 1.